The molecule has 1 aromatic carbocycles. The van der Waals surface area contributed by atoms with Crippen LogP contribution in [0.2, 0.25) is 0 Å². The molecule has 2 aromatic rings. The molecule has 1 aromatic heterocycles. The number of carbonyl (C=O) groups is 3. The summed E-state index contributed by atoms with van der Waals surface area (Å²) in [6.07, 6.45) is 1.42. The van der Waals surface area contributed by atoms with Crippen molar-refractivity contribution in [2.45, 2.75) is 0 Å². The van der Waals surface area contributed by atoms with Crippen LogP contribution in [0.5, 0.6) is 0 Å². The van der Waals surface area contributed by atoms with E-state index in [1.54, 1.807) is 30.3 Å². The number of imide groups is 1. The number of anilines is 1. The third-order valence-electron chi connectivity index (χ3n) is 3.27. The Kier molecular flexibility index (Phi) is 5.23. The van der Waals surface area contributed by atoms with E-state index in [4.69, 9.17) is 4.42 Å². The van der Waals surface area contributed by atoms with Crippen molar-refractivity contribution in [2.75, 3.05) is 11.9 Å². The Hall–Kier alpha value is -2.14. The second-order valence-electron chi connectivity index (χ2n) is 5.06. The molecule has 0 radical (unpaired) electrons. The summed E-state index contributed by atoms with van der Waals surface area (Å²) in [6, 6.07) is 9.81. The summed E-state index contributed by atoms with van der Waals surface area (Å²) in [6.45, 7) is -0.379. The molecule has 3 rings (SSSR count). The molecule has 4 amide bonds. The summed E-state index contributed by atoms with van der Waals surface area (Å²) < 4.78 is 6.79. The highest BCUT2D eigenvalue weighted by molar-refractivity contribution is 14.1. The van der Waals surface area contributed by atoms with Gasteiger partial charge in [0.1, 0.15) is 18.0 Å². The van der Waals surface area contributed by atoms with Crippen molar-refractivity contribution >= 4 is 68.1 Å². The van der Waals surface area contributed by atoms with Crippen LogP contribution in [0.4, 0.5) is 10.5 Å². The van der Waals surface area contributed by atoms with Crippen LogP contribution >= 0.6 is 38.5 Å². The van der Waals surface area contributed by atoms with Gasteiger partial charge in [-0.15, -0.1) is 0 Å². The molecular formula is C16H11BrIN3O4. The highest BCUT2D eigenvalue weighted by atomic mass is 127. The predicted octanol–water partition coefficient (Wildman–Crippen LogP) is 3.18. The van der Waals surface area contributed by atoms with Crippen LogP contribution in [-0.2, 0) is 9.59 Å². The van der Waals surface area contributed by atoms with E-state index in [0.717, 1.165) is 9.37 Å². The normalized spacial score (nSPS) is 15.6. The number of amides is 4. The predicted molar refractivity (Wildman–Crippen MR) is 102 cm³/mol. The number of benzene rings is 1. The minimum absolute atomic E-state index is 0.0511. The minimum atomic E-state index is -0.653. The summed E-state index contributed by atoms with van der Waals surface area (Å²) in [5, 5.41) is 5.07. The van der Waals surface area contributed by atoms with Crippen molar-refractivity contribution in [1.82, 2.24) is 10.2 Å². The van der Waals surface area contributed by atoms with E-state index in [1.165, 1.54) is 6.08 Å². The van der Waals surface area contributed by atoms with Gasteiger partial charge in [0.25, 0.3) is 5.91 Å². The van der Waals surface area contributed by atoms with Gasteiger partial charge in [0.2, 0.25) is 5.91 Å². The molecule has 25 heavy (non-hydrogen) atoms. The van der Waals surface area contributed by atoms with Gasteiger partial charge in [0.05, 0.1) is 4.47 Å². The van der Waals surface area contributed by atoms with Crippen molar-refractivity contribution in [1.29, 1.82) is 0 Å². The van der Waals surface area contributed by atoms with Crippen LogP contribution in [0.1, 0.15) is 5.76 Å². The lowest BCUT2D eigenvalue weighted by Gasteiger charge is -2.11. The van der Waals surface area contributed by atoms with Gasteiger partial charge in [-0.3, -0.25) is 9.59 Å². The maximum Gasteiger partial charge on any atom is 0.329 e. The van der Waals surface area contributed by atoms with Crippen LogP contribution in [0, 0.1) is 3.77 Å². The van der Waals surface area contributed by atoms with E-state index >= 15 is 0 Å². The molecule has 9 heteroatoms. The topological polar surface area (TPSA) is 91.7 Å². The molecule has 0 aliphatic carbocycles. The monoisotopic (exact) mass is 515 g/mol. The molecule has 1 fully saturated rings. The van der Waals surface area contributed by atoms with Crippen molar-refractivity contribution in [2.24, 2.45) is 0 Å². The smallest absolute Gasteiger partial charge is 0.329 e. The quantitative estimate of drug-likeness (QED) is 0.371. The first-order chi connectivity index (χ1) is 11.9. The number of nitrogens with one attached hydrogen (secondary N) is 2. The van der Waals surface area contributed by atoms with Gasteiger partial charge >= 0.3 is 6.03 Å². The Labute approximate surface area is 164 Å². The van der Waals surface area contributed by atoms with Crippen molar-refractivity contribution in [3.05, 3.63) is 56.1 Å². The maximum absolute atomic E-state index is 12.3. The van der Waals surface area contributed by atoms with Crippen LogP contribution in [0.25, 0.3) is 6.08 Å². The summed E-state index contributed by atoms with van der Waals surface area (Å²) >= 11 is 5.30. The molecule has 2 N–H and O–H groups in total. The summed E-state index contributed by atoms with van der Waals surface area (Å²) in [5.41, 5.74) is 0.639. The van der Waals surface area contributed by atoms with Gasteiger partial charge in [0, 0.05) is 34.4 Å². The number of nitrogens with zero attached hydrogens (tertiary/aromatic N) is 1. The number of hydrogen-bond donors (Lipinski definition) is 2. The molecule has 0 unspecified atom stereocenters. The van der Waals surface area contributed by atoms with E-state index in [0.29, 0.717) is 15.2 Å². The first kappa shape index (κ1) is 17.7. The lowest BCUT2D eigenvalue weighted by molar-refractivity contribution is -0.127. The average Bonchev–Trinajstić information content (AvgIpc) is 3.02. The second-order valence-corrected chi connectivity index (χ2v) is 6.90. The molecule has 1 aliphatic heterocycles. The third kappa shape index (κ3) is 4.10. The Morgan fingerprint density at radius 3 is 2.68 bits per heavy atom. The molecule has 2 heterocycles. The maximum atomic E-state index is 12.3. The van der Waals surface area contributed by atoms with E-state index in [2.05, 4.69) is 26.6 Å². The van der Waals surface area contributed by atoms with E-state index in [9.17, 15) is 14.4 Å². The fraction of sp³-hybridized carbons (Fsp3) is 0.0625. The second kappa shape index (κ2) is 7.40. The highest BCUT2D eigenvalue weighted by Crippen LogP contribution is 2.25. The molecule has 0 saturated carbocycles. The summed E-state index contributed by atoms with van der Waals surface area (Å²) in [5.74, 6) is -0.641. The van der Waals surface area contributed by atoms with E-state index in [1.807, 2.05) is 28.7 Å². The number of carbonyl (C=O) groups excluding carboxylic acids is 3. The zero-order valence-electron chi connectivity index (χ0n) is 12.6. The van der Waals surface area contributed by atoms with Gasteiger partial charge in [-0.05, 0) is 34.1 Å². The lowest BCUT2D eigenvalue weighted by Crippen LogP contribution is -2.38. The number of urea groups is 1. The van der Waals surface area contributed by atoms with Crippen LogP contribution in [0.15, 0.2) is 51.0 Å². The molecule has 1 saturated heterocycles. The minimum Gasteiger partial charge on any atom is -0.450 e. The Balaban J connectivity index is 1.70. The average molecular weight is 516 g/mol. The van der Waals surface area contributed by atoms with Crippen LogP contribution < -0.4 is 10.6 Å². The molecular weight excluding hydrogens is 505 g/mol. The third-order valence-corrected chi connectivity index (χ3v) is 5.40. The molecule has 7 nitrogen and oxygen atoms in total. The summed E-state index contributed by atoms with van der Waals surface area (Å²) in [7, 11) is 0. The van der Waals surface area contributed by atoms with Crippen molar-refractivity contribution in [3.63, 3.8) is 0 Å². The van der Waals surface area contributed by atoms with Gasteiger partial charge in [-0.2, -0.15) is 0 Å². The van der Waals surface area contributed by atoms with Crippen molar-refractivity contribution < 1.29 is 18.8 Å². The number of halogens is 2. The fourth-order valence-electron chi connectivity index (χ4n) is 2.16. The standard InChI is InChI=1S/C16H11BrIN3O4/c17-11-6-10(25-14(11)18)7-12-15(23)21(16(24)20-12)8-13(22)19-9-4-2-1-3-5-9/h1-7H,8H2,(H,19,22)(H,20,24)/b12-7-. The number of furan rings is 1. The first-order valence-corrected chi connectivity index (χ1v) is 8.95. The summed E-state index contributed by atoms with van der Waals surface area (Å²) in [4.78, 5) is 37.2. The number of rotatable bonds is 4. The van der Waals surface area contributed by atoms with E-state index in [-0.39, 0.29) is 12.2 Å². The Morgan fingerprint density at radius 1 is 1.32 bits per heavy atom. The zero-order chi connectivity index (χ0) is 18.0. The molecule has 128 valence electrons. The van der Waals surface area contributed by atoms with Gasteiger partial charge in [-0.25, -0.2) is 9.69 Å². The van der Waals surface area contributed by atoms with Gasteiger partial charge < -0.3 is 15.1 Å². The highest BCUT2D eigenvalue weighted by Gasteiger charge is 2.35. The van der Waals surface area contributed by atoms with Crippen LogP contribution in [-0.4, -0.2) is 29.3 Å². The Bertz CT molecular complexity index is 859. The van der Waals surface area contributed by atoms with Gasteiger partial charge in [0.15, 0.2) is 3.77 Å². The van der Waals surface area contributed by atoms with Crippen LogP contribution in [0.3, 0.4) is 0 Å². The van der Waals surface area contributed by atoms with Crippen molar-refractivity contribution in [3.8, 4) is 0 Å². The van der Waals surface area contributed by atoms with Gasteiger partial charge in [-0.1, -0.05) is 18.2 Å². The number of hydrogen-bond acceptors (Lipinski definition) is 4. The lowest BCUT2D eigenvalue weighted by atomic mass is 10.3. The largest absolute Gasteiger partial charge is 0.450 e. The van der Waals surface area contributed by atoms with E-state index < -0.39 is 17.8 Å². The molecule has 0 spiro atoms. The first-order valence-electron chi connectivity index (χ1n) is 7.08. The fourth-order valence-corrected chi connectivity index (χ4v) is 2.87. The zero-order valence-corrected chi connectivity index (χ0v) is 16.3. The molecule has 0 bridgehead atoms. The molecule has 0 atom stereocenters. The Morgan fingerprint density at radius 2 is 2.04 bits per heavy atom. The SMILES string of the molecule is O=C(CN1C(=O)N/C(=C\c2cc(Br)c(I)o2)C1=O)Nc1ccccc1. The molecule has 1 aliphatic rings. The number of para-hydroxylation sites is 1.